The Balaban J connectivity index is 3.09. The summed E-state index contributed by atoms with van der Waals surface area (Å²) in [7, 11) is -4.16. The maximum Gasteiger partial charge on any atom is 0.243 e. The van der Waals surface area contributed by atoms with Gasteiger partial charge >= 0.3 is 0 Å². The number of nitrogens with one attached hydrogen (secondary N) is 1. The van der Waals surface area contributed by atoms with Crippen molar-refractivity contribution in [3.8, 4) is 0 Å². The third-order valence-corrected chi connectivity index (χ3v) is 3.75. The second-order valence-corrected chi connectivity index (χ2v) is 5.17. The van der Waals surface area contributed by atoms with Gasteiger partial charge < -0.3 is 5.11 Å². The van der Waals surface area contributed by atoms with E-state index in [2.05, 4.69) is 4.72 Å². The Morgan fingerprint density at radius 1 is 1.41 bits per heavy atom. The topological polar surface area (TPSA) is 66.4 Å². The van der Waals surface area contributed by atoms with Crippen molar-refractivity contribution in [2.45, 2.75) is 24.3 Å². The van der Waals surface area contributed by atoms with Crippen LogP contribution in [0.25, 0.3) is 0 Å². The number of sulfonamides is 1. The molecule has 0 unspecified atom stereocenters. The molecule has 0 aliphatic heterocycles. The Morgan fingerprint density at radius 3 is 2.59 bits per heavy atom. The van der Waals surface area contributed by atoms with Crippen LogP contribution >= 0.6 is 0 Å². The fourth-order valence-corrected chi connectivity index (χ4v) is 2.62. The Morgan fingerprint density at radius 2 is 2.06 bits per heavy atom. The maximum absolute atomic E-state index is 13.3. The molecule has 0 bridgehead atoms. The van der Waals surface area contributed by atoms with Gasteiger partial charge in [0, 0.05) is 6.04 Å². The average Bonchev–Trinajstić information content (AvgIpc) is 2.29. The smallest absolute Gasteiger partial charge is 0.243 e. The van der Waals surface area contributed by atoms with E-state index >= 15 is 0 Å². The number of rotatable bonds is 5. The lowest BCUT2D eigenvalue weighted by Gasteiger charge is -2.14. The van der Waals surface area contributed by atoms with Gasteiger partial charge in [-0.15, -0.1) is 0 Å². The molecule has 0 aromatic heterocycles. The SMILES string of the molecule is CC[C@H](CO)NS(=O)(=O)c1cc(F)ccc1F. The molecule has 4 nitrogen and oxygen atoms in total. The molecule has 2 N–H and O–H groups in total. The highest BCUT2D eigenvalue weighted by molar-refractivity contribution is 7.89. The van der Waals surface area contributed by atoms with Crippen molar-refractivity contribution in [1.29, 1.82) is 0 Å². The summed E-state index contributed by atoms with van der Waals surface area (Å²) in [4.78, 5) is -0.760. The summed E-state index contributed by atoms with van der Waals surface area (Å²) >= 11 is 0. The van der Waals surface area contributed by atoms with Crippen molar-refractivity contribution in [2.24, 2.45) is 0 Å². The molecule has 0 spiro atoms. The van der Waals surface area contributed by atoms with Crippen LogP contribution in [0.2, 0.25) is 0 Å². The largest absolute Gasteiger partial charge is 0.395 e. The van der Waals surface area contributed by atoms with Crippen molar-refractivity contribution in [2.75, 3.05) is 6.61 Å². The molecule has 0 fully saturated rings. The molecule has 96 valence electrons. The van der Waals surface area contributed by atoms with E-state index in [0.29, 0.717) is 12.5 Å². The Bertz CT molecular complexity index is 486. The summed E-state index contributed by atoms with van der Waals surface area (Å²) in [6.45, 7) is 1.25. The van der Waals surface area contributed by atoms with E-state index in [1.54, 1.807) is 6.92 Å². The molecule has 0 aliphatic rings. The van der Waals surface area contributed by atoms with Gasteiger partial charge in [0.25, 0.3) is 0 Å². The van der Waals surface area contributed by atoms with E-state index in [9.17, 15) is 17.2 Å². The summed E-state index contributed by atoms with van der Waals surface area (Å²) in [6, 6.07) is 1.45. The van der Waals surface area contributed by atoms with Crippen LogP contribution in [-0.2, 0) is 10.0 Å². The number of benzene rings is 1. The molecule has 0 saturated carbocycles. The predicted molar refractivity (Wildman–Crippen MR) is 57.8 cm³/mol. The van der Waals surface area contributed by atoms with Crippen LogP contribution in [0.5, 0.6) is 0 Å². The van der Waals surface area contributed by atoms with Gasteiger partial charge in [-0.05, 0) is 24.6 Å². The highest BCUT2D eigenvalue weighted by Crippen LogP contribution is 2.16. The first-order valence-electron chi connectivity index (χ1n) is 4.99. The minimum atomic E-state index is -4.16. The molecule has 17 heavy (non-hydrogen) atoms. The van der Waals surface area contributed by atoms with Gasteiger partial charge in [0.15, 0.2) is 0 Å². The van der Waals surface area contributed by atoms with E-state index < -0.39 is 39.2 Å². The van der Waals surface area contributed by atoms with Gasteiger partial charge in [0.2, 0.25) is 10.0 Å². The van der Waals surface area contributed by atoms with Crippen molar-refractivity contribution in [1.82, 2.24) is 4.72 Å². The summed E-state index contributed by atoms with van der Waals surface area (Å²) < 4.78 is 51.6. The number of halogens is 2. The highest BCUT2D eigenvalue weighted by atomic mass is 32.2. The molecular weight excluding hydrogens is 252 g/mol. The van der Waals surface area contributed by atoms with E-state index in [-0.39, 0.29) is 0 Å². The van der Waals surface area contributed by atoms with Crippen LogP contribution < -0.4 is 4.72 Å². The number of aliphatic hydroxyl groups excluding tert-OH is 1. The van der Waals surface area contributed by atoms with Gasteiger partial charge in [-0.1, -0.05) is 6.92 Å². The Labute approximate surface area is 98.3 Å². The zero-order chi connectivity index (χ0) is 13.1. The Kier molecular flexibility index (Phi) is 4.55. The first kappa shape index (κ1) is 14.0. The highest BCUT2D eigenvalue weighted by Gasteiger charge is 2.22. The first-order valence-corrected chi connectivity index (χ1v) is 6.47. The third kappa shape index (κ3) is 3.45. The van der Waals surface area contributed by atoms with Crippen LogP contribution in [-0.4, -0.2) is 26.2 Å². The zero-order valence-corrected chi connectivity index (χ0v) is 9.97. The van der Waals surface area contributed by atoms with Gasteiger partial charge in [0.1, 0.15) is 16.5 Å². The molecule has 0 aliphatic carbocycles. The summed E-state index contributed by atoms with van der Waals surface area (Å²) in [5.74, 6) is -1.88. The lowest BCUT2D eigenvalue weighted by molar-refractivity contribution is 0.253. The molecular formula is C10H13F2NO3S. The van der Waals surface area contributed by atoms with Gasteiger partial charge in [-0.3, -0.25) is 0 Å². The van der Waals surface area contributed by atoms with Crippen molar-refractivity contribution in [3.05, 3.63) is 29.8 Å². The fourth-order valence-electron chi connectivity index (χ4n) is 1.22. The third-order valence-electron chi connectivity index (χ3n) is 2.22. The summed E-state index contributed by atoms with van der Waals surface area (Å²) in [5, 5.41) is 8.87. The maximum atomic E-state index is 13.3. The van der Waals surface area contributed by atoms with E-state index in [0.717, 1.165) is 12.1 Å². The standard InChI is InChI=1S/C10H13F2NO3S/c1-2-8(6-14)13-17(15,16)10-5-7(11)3-4-9(10)12/h3-5,8,13-14H,2,6H2,1H3/t8-/m1/s1. The van der Waals surface area contributed by atoms with Crippen molar-refractivity contribution >= 4 is 10.0 Å². The van der Waals surface area contributed by atoms with Crippen LogP contribution in [0.3, 0.4) is 0 Å². The molecule has 0 heterocycles. The summed E-state index contributed by atoms with van der Waals surface area (Å²) in [6.07, 6.45) is 0.340. The van der Waals surface area contributed by atoms with Crippen LogP contribution in [0.1, 0.15) is 13.3 Å². The number of hydrogen-bond acceptors (Lipinski definition) is 3. The minimum absolute atomic E-state index is 0.340. The predicted octanol–water partition coefficient (Wildman–Crippen LogP) is 1.01. The van der Waals surface area contributed by atoms with Gasteiger partial charge in [0.05, 0.1) is 6.61 Å². The van der Waals surface area contributed by atoms with Crippen LogP contribution in [0.4, 0.5) is 8.78 Å². The quantitative estimate of drug-likeness (QED) is 0.835. The molecule has 1 rings (SSSR count). The second kappa shape index (κ2) is 5.52. The lowest BCUT2D eigenvalue weighted by Crippen LogP contribution is -2.37. The molecule has 1 aromatic carbocycles. The molecule has 0 saturated heterocycles. The van der Waals surface area contributed by atoms with E-state index in [1.807, 2.05) is 0 Å². The molecule has 7 heteroatoms. The molecule has 1 atom stereocenters. The number of aliphatic hydroxyl groups is 1. The van der Waals surface area contributed by atoms with Gasteiger partial charge in [-0.2, -0.15) is 0 Å². The van der Waals surface area contributed by atoms with E-state index in [4.69, 9.17) is 5.11 Å². The zero-order valence-electron chi connectivity index (χ0n) is 9.15. The monoisotopic (exact) mass is 265 g/mol. The summed E-state index contributed by atoms with van der Waals surface area (Å²) in [5.41, 5.74) is 0. The van der Waals surface area contributed by atoms with Crippen molar-refractivity contribution < 1.29 is 22.3 Å². The lowest BCUT2D eigenvalue weighted by atomic mass is 10.3. The van der Waals surface area contributed by atoms with Crippen LogP contribution in [0, 0.1) is 11.6 Å². The first-order chi connectivity index (χ1) is 7.90. The normalized spacial score (nSPS) is 13.6. The molecule has 0 radical (unpaired) electrons. The van der Waals surface area contributed by atoms with Crippen LogP contribution in [0.15, 0.2) is 23.1 Å². The average molecular weight is 265 g/mol. The number of hydrogen-bond donors (Lipinski definition) is 2. The van der Waals surface area contributed by atoms with Crippen molar-refractivity contribution in [3.63, 3.8) is 0 Å². The molecule has 1 aromatic rings. The molecule has 0 amide bonds. The van der Waals surface area contributed by atoms with Gasteiger partial charge in [-0.25, -0.2) is 21.9 Å². The minimum Gasteiger partial charge on any atom is -0.395 e. The fraction of sp³-hybridized carbons (Fsp3) is 0.400. The second-order valence-electron chi connectivity index (χ2n) is 3.48. The Hall–Kier alpha value is -1.05. The van der Waals surface area contributed by atoms with E-state index in [1.165, 1.54) is 0 Å².